The molecule has 0 radical (unpaired) electrons. The number of hydrogen-bond acceptors (Lipinski definition) is 4. The highest BCUT2D eigenvalue weighted by Gasteiger charge is 2.25. The third-order valence-electron chi connectivity index (χ3n) is 2.15. The Morgan fingerprint density at radius 1 is 1.67 bits per heavy atom. The molecule has 1 heterocycles. The van der Waals surface area contributed by atoms with Gasteiger partial charge in [-0.15, -0.1) is 11.8 Å². The zero-order valence-electron chi connectivity index (χ0n) is 9.08. The lowest BCUT2D eigenvalue weighted by atomic mass is 10.1. The third kappa shape index (κ3) is 3.71. The molecule has 3 N–H and O–H groups in total. The molecule has 1 fully saturated rings. The Balaban J connectivity index is 2.39. The van der Waals surface area contributed by atoms with Gasteiger partial charge in [-0.1, -0.05) is 0 Å². The Bertz CT molecular complexity index is 268. The lowest BCUT2D eigenvalue weighted by molar-refractivity contribution is -0.133. The molecule has 86 valence electrons. The van der Waals surface area contributed by atoms with Crippen molar-refractivity contribution < 1.29 is 9.59 Å². The van der Waals surface area contributed by atoms with Crippen LogP contribution in [0.15, 0.2) is 0 Å². The highest BCUT2D eigenvalue weighted by molar-refractivity contribution is 8.00. The minimum atomic E-state index is -0.410. The fourth-order valence-corrected chi connectivity index (χ4v) is 2.09. The van der Waals surface area contributed by atoms with Crippen molar-refractivity contribution in [2.45, 2.75) is 19.4 Å². The van der Waals surface area contributed by atoms with Gasteiger partial charge in [0, 0.05) is 12.1 Å². The first-order chi connectivity index (χ1) is 6.94. The van der Waals surface area contributed by atoms with E-state index in [-0.39, 0.29) is 18.4 Å². The minimum absolute atomic E-state index is 0.0284. The summed E-state index contributed by atoms with van der Waals surface area (Å²) in [4.78, 5) is 24.3. The summed E-state index contributed by atoms with van der Waals surface area (Å²) in [7, 11) is 0. The van der Waals surface area contributed by atoms with Crippen molar-refractivity contribution in [3.63, 3.8) is 0 Å². The van der Waals surface area contributed by atoms with E-state index in [0.29, 0.717) is 18.2 Å². The molecule has 0 saturated carbocycles. The average Bonchev–Trinajstić information content (AvgIpc) is 2.51. The van der Waals surface area contributed by atoms with Crippen molar-refractivity contribution in [1.29, 1.82) is 0 Å². The summed E-state index contributed by atoms with van der Waals surface area (Å²) in [5.74, 6) is 0.963. The van der Waals surface area contributed by atoms with Crippen LogP contribution in [-0.4, -0.2) is 47.0 Å². The second kappa shape index (κ2) is 4.85. The van der Waals surface area contributed by atoms with E-state index >= 15 is 0 Å². The van der Waals surface area contributed by atoms with Gasteiger partial charge in [0.15, 0.2) is 0 Å². The van der Waals surface area contributed by atoms with Crippen molar-refractivity contribution in [2.75, 3.05) is 24.7 Å². The SMILES string of the molecule is CC(C)(CN)NC(=O)CN1CSCC1=O. The number of nitrogens with zero attached hydrogens (tertiary/aromatic N) is 1. The van der Waals surface area contributed by atoms with Crippen LogP contribution in [0, 0.1) is 0 Å². The predicted octanol–water partition coefficient (Wildman–Crippen LogP) is -0.627. The largest absolute Gasteiger partial charge is 0.348 e. The van der Waals surface area contributed by atoms with Gasteiger partial charge in [-0.05, 0) is 13.8 Å². The zero-order valence-corrected chi connectivity index (χ0v) is 9.89. The van der Waals surface area contributed by atoms with Crippen LogP contribution in [0.1, 0.15) is 13.8 Å². The maximum Gasteiger partial charge on any atom is 0.240 e. The van der Waals surface area contributed by atoms with E-state index in [1.54, 1.807) is 4.90 Å². The first-order valence-corrected chi connectivity index (χ1v) is 5.97. The fourth-order valence-electron chi connectivity index (χ4n) is 1.18. The number of thioether (sulfide) groups is 1. The standard InChI is InChI=1S/C9H17N3O2S/c1-9(2,5-10)11-7(13)3-12-6-15-4-8(12)14/h3-6,10H2,1-2H3,(H,11,13). The van der Waals surface area contributed by atoms with Crippen molar-refractivity contribution >= 4 is 23.6 Å². The number of nitrogens with one attached hydrogen (secondary N) is 1. The molecular formula is C9H17N3O2S. The number of hydrogen-bond donors (Lipinski definition) is 2. The Kier molecular flexibility index (Phi) is 3.98. The second-order valence-corrected chi connectivity index (χ2v) is 5.16. The van der Waals surface area contributed by atoms with Gasteiger partial charge in [0.05, 0.1) is 11.6 Å². The van der Waals surface area contributed by atoms with Crippen LogP contribution in [0.3, 0.4) is 0 Å². The van der Waals surface area contributed by atoms with E-state index < -0.39 is 5.54 Å². The van der Waals surface area contributed by atoms with Gasteiger partial charge in [0.25, 0.3) is 0 Å². The molecule has 0 aromatic carbocycles. The van der Waals surface area contributed by atoms with Gasteiger partial charge in [-0.3, -0.25) is 9.59 Å². The van der Waals surface area contributed by atoms with Crippen molar-refractivity contribution in [2.24, 2.45) is 5.73 Å². The monoisotopic (exact) mass is 231 g/mol. The molecule has 0 aromatic rings. The average molecular weight is 231 g/mol. The topological polar surface area (TPSA) is 75.4 Å². The number of carbonyl (C=O) groups is 2. The molecular weight excluding hydrogens is 214 g/mol. The van der Waals surface area contributed by atoms with Crippen LogP contribution in [-0.2, 0) is 9.59 Å². The molecule has 0 spiro atoms. The highest BCUT2D eigenvalue weighted by atomic mass is 32.2. The van der Waals surface area contributed by atoms with E-state index in [4.69, 9.17) is 5.73 Å². The molecule has 1 saturated heterocycles. The zero-order chi connectivity index (χ0) is 11.5. The lowest BCUT2D eigenvalue weighted by Gasteiger charge is -2.25. The lowest BCUT2D eigenvalue weighted by Crippen LogP contribution is -2.51. The van der Waals surface area contributed by atoms with E-state index in [2.05, 4.69) is 5.32 Å². The molecule has 0 atom stereocenters. The van der Waals surface area contributed by atoms with Crippen LogP contribution in [0.4, 0.5) is 0 Å². The predicted molar refractivity (Wildman–Crippen MR) is 60.3 cm³/mol. The Morgan fingerprint density at radius 2 is 2.33 bits per heavy atom. The Morgan fingerprint density at radius 3 is 2.80 bits per heavy atom. The van der Waals surface area contributed by atoms with Crippen LogP contribution in [0.25, 0.3) is 0 Å². The fraction of sp³-hybridized carbons (Fsp3) is 0.778. The van der Waals surface area contributed by atoms with Gasteiger partial charge in [0.2, 0.25) is 11.8 Å². The molecule has 1 rings (SSSR count). The summed E-state index contributed by atoms with van der Waals surface area (Å²) in [5, 5.41) is 2.79. The van der Waals surface area contributed by atoms with Crippen molar-refractivity contribution in [3.05, 3.63) is 0 Å². The van der Waals surface area contributed by atoms with E-state index in [0.717, 1.165) is 0 Å². The maximum atomic E-state index is 11.5. The Labute approximate surface area is 93.7 Å². The van der Waals surface area contributed by atoms with Gasteiger partial charge < -0.3 is 16.0 Å². The van der Waals surface area contributed by atoms with E-state index in [1.807, 2.05) is 13.8 Å². The maximum absolute atomic E-state index is 11.5. The van der Waals surface area contributed by atoms with Gasteiger partial charge in [-0.25, -0.2) is 0 Å². The summed E-state index contributed by atoms with van der Waals surface area (Å²) in [6.07, 6.45) is 0. The van der Waals surface area contributed by atoms with Gasteiger partial charge in [-0.2, -0.15) is 0 Å². The van der Waals surface area contributed by atoms with Crippen LogP contribution in [0.5, 0.6) is 0 Å². The first kappa shape index (κ1) is 12.3. The molecule has 5 nitrogen and oxygen atoms in total. The summed E-state index contributed by atoms with van der Waals surface area (Å²) >= 11 is 1.53. The number of nitrogens with two attached hydrogens (primary N) is 1. The molecule has 0 unspecified atom stereocenters. The van der Waals surface area contributed by atoms with Gasteiger partial charge >= 0.3 is 0 Å². The number of amides is 2. The summed E-state index contributed by atoms with van der Waals surface area (Å²) in [6, 6.07) is 0. The second-order valence-electron chi connectivity index (χ2n) is 4.21. The van der Waals surface area contributed by atoms with Gasteiger partial charge in [0.1, 0.15) is 6.54 Å². The molecule has 0 bridgehead atoms. The van der Waals surface area contributed by atoms with E-state index in [1.165, 1.54) is 11.8 Å². The van der Waals surface area contributed by atoms with Crippen LogP contribution < -0.4 is 11.1 Å². The third-order valence-corrected chi connectivity index (χ3v) is 3.09. The normalized spacial score (nSPS) is 17.0. The Hall–Kier alpha value is -0.750. The number of rotatable bonds is 4. The summed E-state index contributed by atoms with van der Waals surface area (Å²) in [5.41, 5.74) is 5.08. The quantitative estimate of drug-likeness (QED) is 0.675. The highest BCUT2D eigenvalue weighted by Crippen LogP contribution is 2.14. The smallest absolute Gasteiger partial charge is 0.240 e. The minimum Gasteiger partial charge on any atom is -0.348 e. The molecule has 0 aromatic heterocycles. The molecule has 15 heavy (non-hydrogen) atoms. The van der Waals surface area contributed by atoms with Crippen molar-refractivity contribution in [3.8, 4) is 0 Å². The van der Waals surface area contributed by atoms with Crippen LogP contribution in [0.2, 0.25) is 0 Å². The molecule has 2 amide bonds. The van der Waals surface area contributed by atoms with E-state index in [9.17, 15) is 9.59 Å². The van der Waals surface area contributed by atoms with Crippen molar-refractivity contribution in [1.82, 2.24) is 10.2 Å². The summed E-state index contributed by atoms with van der Waals surface area (Å²) < 4.78 is 0. The molecule has 0 aliphatic carbocycles. The first-order valence-electron chi connectivity index (χ1n) is 4.81. The number of carbonyl (C=O) groups excluding carboxylic acids is 2. The molecule has 6 heteroatoms. The van der Waals surface area contributed by atoms with Crippen LogP contribution >= 0.6 is 11.8 Å². The summed E-state index contributed by atoms with van der Waals surface area (Å²) in [6.45, 7) is 4.22. The molecule has 1 aliphatic rings. The molecule has 1 aliphatic heterocycles.